The lowest BCUT2D eigenvalue weighted by molar-refractivity contribution is 0.0696. The van der Waals surface area contributed by atoms with Crippen LogP contribution in [0.5, 0.6) is 0 Å². The van der Waals surface area contributed by atoms with Crippen molar-refractivity contribution in [2.45, 2.75) is 13.5 Å². The molecule has 0 aliphatic carbocycles. The van der Waals surface area contributed by atoms with E-state index in [1.807, 2.05) is 19.1 Å². The summed E-state index contributed by atoms with van der Waals surface area (Å²) in [5, 5.41) is 12.0. The van der Waals surface area contributed by atoms with E-state index in [4.69, 9.17) is 9.52 Å². The van der Waals surface area contributed by atoms with Gasteiger partial charge in [0.25, 0.3) is 0 Å². The highest BCUT2D eigenvalue weighted by Gasteiger charge is 2.10. The van der Waals surface area contributed by atoms with Crippen molar-refractivity contribution in [3.05, 3.63) is 50.3 Å². The number of rotatable bonds is 4. The molecule has 2 rings (SSSR count). The molecule has 0 bridgehead atoms. The maximum absolute atomic E-state index is 10.7. The molecule has 0 saturated heterocycles. The highest BCUT2D eigenvalue weighted by atomic mass is 79.9. The van der Waals surface area contributed by atoms with Crippen molar-refractivity contribution in [3.63, 3.8) is 0 Å². The van der Waals surface area contributed by atoms with E-state index in [9.17, 15) is 4.79 Å². The summed E-state index contributed by atoms with van der Waals surface area (Å²) >= 11 is 6.97. The second kappa shape index (κ2) is 5.79. The molecular formula is C13H11Br2NO3. The Hall–Kier alpha value is -1.27. The first-order valence-corrected chi connectivity index (χ1v) is 7.06. The van der Waals surface area contributed by atoms with Gasteiger partial charge in [-0.05, 0) is 62.5 Å². The Morgan fingerprint density at radius 3 is 2.47 bits per heavy atom. The van der Waals surface area contributed by atoms with Crippen LogP contribution in [0.3, 0.4) is 0 Å². The standard InChI is InChI=1S/C13H11Br2NO3/c1-7-2-10(14)12(11(15)3-7)16-5-9-4-8(6-19-9)13(17)18/h2-4,6,16H,5H2,1H3,(H,17,18). The normalized spacial score (nSPS) is 10.5. The summed E-state index contributed by atoms with van der Waals surface area (Å²) in [6.07, 6.45) is 1.23. The minimum absolute atomic E-state index is 0.152. The molecule has 0 spiro atoms. The number of furan rings is 1. The molecule has 0 unspecified atom stereocenters. The lowest BCUT2D eigenvalue weighted by Gasteiger charge is -2.10. The number of aromatic carboxylic acids is 1. The number of benzene rings is 1. The van der Waals surface area contributed by atoms with Crippen LogP contribution in [0.4, 0.5) is 5.69 Å². The van der Waals surface area contributed by atoms with E-state index < -0.39 is 5.97 Å². The third-order valence-corrected chi connectivity index (χ3v) is 3.78. The zero-order valence-corrected chi connectivity index (χ0v) is 13.2. The van der Waals surface area contributed by atoms with Crippen LogP contribution in [0.15, 0.2) is 37.8 Å². The number of nitrogens with one attached hydrogen (secondary N) is 1. The van der Waals surface area contributed by atoms with Crippen molar-refractivity contribution in [2.75, 3.05) is 5.32 Å². The molecule has 0 saturated carbocycles. The fourth-order valence-corrected chi connectivity index (χ4v) is 3.33. The summed E-state index contributed by atoms with van der Waals surface area (Å²) in [6, 6.07) is 5.50. The number of hydrogen-bond acceptors (Lipinski definition) is 3. The number of halogens is 2. The van der Waals surface area contributed by atoms with Crippen molar-refractivity contribution in [1.82, 2.24) is 0 Å². The van der Waals surface area contributed by atoms with Gasteiger partial charge in [0.2, 0.25) is 0 Å². The highest BCUT2D eigenvalue weighted by Crippen LogP contribution is 2.32. The second-order valence-electron chi connectivity index (χ2n) is 4.06. The largest absolute Gasteiger partial charge is 0.478 e. The summed E-state index contributed by atoms with van der Waals surface area (Å²) in [4.78, 5) is 10.7. The van der Waals surface area contributed by atoms with Gasteiger partial charge in [0.05, 0.1) is 17.8 Å². The molecule has 19 heavy (non-hydrogen) atoms. The third-order valence-electron chi connectivity index (χ3n) is 2.53. The van der Waals surface area contributed by atoms with Gasteiger partial charge in [0.15, 0.2) is 0 Å². The lowest BCUT2D eigenvalue weighted by Crippen LogP contribution is -2.00. The van der Waals surface area contributed by atoms with E-state index in [0.29, 0.717) is 12.3 Å². The van der Waals surface area contributed by atoms with Gasteiger partial charge in [-0.3, -0.25) is 0 Å². The van der Waals surface area contributed by atoms with E-state index in [-0.39, 0.29) is 5.56 Å². The van der Waals surface area contributed by atoms with Crippen LogP contribution in [-0.4, -0.2) is 11.1 Å². The molecule has 6 heteroatoms. The van der Waals surface area contributed by atoms with Gasteiger partial charge >= 0.3 is 5.97 Å². The van der Waals surface area contributed by atoms with Crippen molar-refractivity contribution < 1.29 is 14.3 Å². The fraction of sp³-hybridized carbons (Fsp3) is 0.154. The summed E-state index contributed by atoms with van der Waals surface area (Å²) in [6.45, 7) is 2.42. The van der Waals surface area contributed by atoms with Gasteiger partial charge in [-0.2, -0.15) is 0 Å². The first kappa shape index (κ1) is 14.1. The summed E-state index contributed by atoms with van der Waals surface area (Å²) in [7, 11) is 0. The van der Waals surface area contributed by atoms with Crippen LogP contribution in [-0.2, 0) is 6.54 Å². The molecule has 0 aliphatic rings. The smallest absolute Gasteiger partial charge is 0.338 e. The minimum Gasteiger partial charge on any atom is -0.478 e. The van der Waals surface area contributed by atoms with E-state index in [2.05, 4.69) is 37.2 Å². The van der Waals surface area contributed by atoms with E-state index in [1.165, 1.54) is 12.3 Å². The van der Waals surface area contributed by atoms with Crippen LogP contribution in [0.1, 0.15) is 21.7 Å². The SMILES string of the molecule is Cc1cc(Br)c(NCc2cc(C(=O)O)co2)c(Br)c1. The summed E-state index contributed by atoms with van der Waals surface area (Å²) in [5.74, 6) is -0.426. The molecular weight excluding hydrogens is 378 g/mol. The van der Waals surface area contributed by atoms with Gasteiger partial charge in [0, 0.05) is 8.95 Å². The molecule has 2 aromatic rings. The Balaban J connectivity index is 2.12. The number of carboxylic acid groups (broad SMARTS) is 1. The van der Waals surface area contributed by atoms with Crippen LogP contribution in [0.2, 0.25) is 0 Å². The quantitative estimate of drug-likeness (QED) is 0.813. The molecule has 0 radical (unpaired) electrons. The van der Waals surface area contributed by atoms with Crippen LogP contribution in [0, 0.1) is 6.92 Å². The lowest BCUT2D eigenvalue weighted by atomic mass is 10.2. The molecule has 1 aromatic heterocycles. The van der Waals surface area contributed by atoms with Gasteiger partial charge < -0.3 is 14.8 Å². The van der Waals surface area contributed by atoms with Crippen LogP contribution >= 0.6 is 31.9 Å². The van der Waals surface area contributed by atoms with Gasteiger partial charge in [-0.25, -0.2) is 4.79 Å². The maximum atomic E-state index is 10.7. The Morgan fingerprint density at radius 1 is 1.32 bits per heavy atom. The van der Waals surface area contributed by atoms with E-state index >= 15 is 0 Å². The van der Waals surface area contributed by atoms with Crippen LogP contribution in [0.25, 0.3) is 0 Å². The topological polar surface area (TPSA) is 62.5 Å². The average molecular weight is 389 g/mol. The predicted octanol–water partition coefficient (Wildman–Crippen LogP) is 4.42. The van der Waals surface area contributed by atoms with Crippen molar-refractivity contribution in [3.8, 4) is 0 Å². The molecule has 2 N–H and O–H groups in total. The van der Waals surface area contributed by atoms with Crippen molar-refractivity contribution in [2.24, 2.45) is 0 Å². The maximum Gasteiger partial charge on any atom is 0.338 e. The zero-order chi connectivity index (χ0) is 14.0. The molecule has 0 fully saturated rings. The number of hydrogen-bond donors (Lipinski definition) is 2. The fourth-order valence-electron chi connectivity index (χ4n) is 1.63. The Labute approximate surface area is 127 Å². The van der Waals surface area contributed by atoms with Crippen molar-refractivity contribution in [1.29, 1.82) is 0 Å². The van der Waals surface area contributed by atoms with E-state index in [0.717, 1.165) is 20.2 Å². The Kier molecular flexibility index (Phi) is 4.31. The van der Waals surface area contributed by atoms with Gasteiger partial charge in [-0.15, -0.1) is 0 Å². The van der Waals surface area contributed by atoms with E-state index in [1.54, 1.807) is 0 Å². The highest BCUT2D eigenvalue weighted by molar-refractivity contribution is 9.11. The Bertz CT molecular complexity index is 599. The number of anilines is 1. The number of carbonyl (C=O) groups is 1. The molecule has 1 heterocycles. The number of carboxylic acids is 1. The van der Waals surface area contributed by atoms with Gasteiger partial charge in [-0.1, -0.05) is 0 Å². The van der Waals surface area contributed by atoms with Gasteiger partial charge in [0.1, 0.15) is 12.0 Å². The first-order chi connectivity index (χ1) is 8.97. The minimum atomic E-state index is -0.993. The molecule has 4 nitrogen and oxygen atoms in total. The summed E-state index contributed by atoms with van der Waals surface area (Å²) < 4.78 is 7.05. The van der Waals surface area contributed by atoms with Crippen LogP contribution < -0.4 is 5.32 Å². The first-order valence-electron chi connectivity index (χ1n) is 5.47. The molecule has 1 aromatic carbocycles. The molecule has 0 aliphatic heterocycles. The average Bonchev–Trinajstić information content (AvgIpc) is 2.76. The number of aryl methyl sites for hydroxylation is 1. The van der Waals surface area contributed by atoms with Crippen molar-refractivity contribution >= 4 is 43.5 Å². The molecule has 0 amide bonds. The molecule has 0 atom stereocenters. The third kappa shape index (κ3) is 3.39. The zero-order valence-electron chi connectivity index (χ0n) is 10.0. The Morgan fingerprint density at radius 2 is 1.95 bits per heavy atom. The monoisotopic (exact) mass is 387 g/mol. The molecule has 100 valence electrons. The predicted molar refractivity (Wildman–Crippen MR) is 79.6 cm³/mol. The second-order valence-corrected chi connectivity index (χ2v) is 5.77. The summed E-state index contributed by atoms with van der Waals surface area (Å²) in [5.41, 5.74) is 2.19.